The minimum absolute atomic E-state index is 0.0101. The second-order valence-electron chi connectivity index (χ2n) is 4.42. The van der Waals surface area contributed by atoms with Crippen molar-refractivity contribution in [2.45, 2.75) is 6.92 Å². The van der Waals surface area contributed by atoms with Crippen LogP contribution in [-0.4, -0.2) is 50.6 Å². The van der Waals surface area contributed by atoms with E-state index < -0.39 is 0 Å². The van der Waals surface area contributed by atoms with Crippen molar-refractivity contribution in [1.29, 1.82) is 0 Å². The predicted octanol–water partition coefficient (Wildman–Crippen LogP) is 0.444. The average molecular weight is 289 g/mol. The normalized spacial score (nSPS) is 9.90. The third kappa shape index (κ3) is 6.80. The van der Waals surface area contributed by atoms with Crippen molar-refractivity contribution in [3.8, 4) is 17.6 Å². The molecular weight excluding hydrogens is 266 g/mol. The molecule has 0 aliphatic rings. The molecule has 1 amide bonds. The number of rotatable bonds is 7. The molecule has 3 N–H and O–H groups in total. The minimum atomic E-state index is 0.0101. The van der Waals surface area contributed by atoms with Gasteiger partial charge in [0.25, 0.3) is 0 Å². The summed E-state index contributed by atoms with van der Waals surface area (Å²) in [5.74, 6) is 6.57. The van der Waals surface area contributed by atoms with E-state index in [1.165, 1.54) is 0 Å². The molecule has 1 aromatic rings. The summed E-state index contributed by atoms with van der Waals surface area (Å²) >= 11 is 0. The number of benzene rings is 1. The van der Waals surface area contributed by atoms with E-state index in [9.17, 15) is 4.79 Å². The van der Waals surface area contributed by atoms with Crippen molar-refractivity contribution in [3.63, 3.8) is 0 Å². The number of carbonyl (C=O) groups excluding carboxylic acids is 1. The van der Waals surface area contributed by atoms with E-state index in [4.69, 9.17) is 10.5 Å². The second kappa shape index (κ2) is 9.81. The lowest BCUT2D eigenvalue weighted by atomic mass is 10.2. The fraction of sp³-hybridized carbons (Fsp3) is 0.438. The van der Waals surface area contributed by atoms with Crippen molar-refractivity contribution in [2.75, 3.05) is 39.8 Å². The van der Waals surface area contributed by atoms with Crippen molar-refractivity contribution in [2.24, 2.45) is 5.73 Å². The number of nitrogens with zero attached hydrogens (tertiary/aromatic N) is 1. The van der Waals surface area contributed by atoms with Crippen LogP contribution in [0.5, 0.6) is 5.75 Å². The molecule has 0 unspecified atom stereocenters. The van der Waals surface area contributed by atoms with Gasteiger partial charge in [0.15, 0.2) is 0 Å². The molecule has 0 radical (unpaired) electrons. The number of carbonyl (C=O) groups is 1. The Labute approximate surface area is 126 Å². The zero-order valence-electron chi connectivity index (χ0n) is 12.7. The number of amides is 1. The van der Waals surface area contributed by atoms with Crippen LogP contribution in [0.2, 0.25) is 0 Å². The van der Waals surface area contributed by atoms with Gasteiger partial charge in [-0.3, -0.25) is 9.69 Å². The smallest absolute Gasteiger partial charge is 0.233 e. The van der Waals surface area contributed by atoms with Crippen LogP contribution in [0.15, 0.2) is 24.3 Å². The highest BCUT2D eigenvalue weighted by Crippen LogP contribution is 2.12. The Bertz CT molecular complexity index is 506. The summed E-state index contributed by atoms with van der Waals surface area (Å²) in [6.07, 6.45) is 0. The molecule has 0 spiro atoms. The predicted molar refractivity (Wildman–Crippen MR) is 84.1 cm³/mol. The molecule has 0 heterocycles. The van der Waals surface area contributed by atoms with Crippen molar-refractivity contribution >= 4 is 5.91 Å². The third-order valence-electron chi connectivity index (χ3n) is 2.94. The Hall–Kier alpha value is -2.03. The van der Waals surface area contributed by atoms with Crippen LogP contribution >= 0.6 is 0 Å². The van der Waals surface area contributed by atoms with Gasteiger partial charge in [-0.25, -0.2) is 0 Å². The van der Waals surface area contributed by atoms with Gasteiger partial charge in [-0.15, -0.1) is 0 Å². The summed E-state index contributed by atoms with van der Waals surface area (Å²) in [6.45, 7) is 4.78. The molecule has 5 heteroatoms. The van der Waals surface area contributed by atoms with Gasteiger partial charge in [0.1, 0.15) is 12.4 Å². The summed E-state index contributed by atoms with van der Waals surface area (Å²) in [5, 5.41) is 2.62. The number of hydrogen-bond donors (Lipinski definition) is 2. The standard InChI is InChI=1S/C16H23N3O2/c1-3-19(13-16(20)18-2)10-11-21-15-8-4-6-14(12-15)7-5-9-17/h4,6,8,12H,3,9-11,13,17H2,1-2H3,(H,18,20). The molecule has 5 nitrogen and oxygen atoms in total. The first-order chi connectivity index (χ1) is 10.2. The van der Waals surface area contributed by atoms with Gasteiger partial charge in [-0.1, -0.05) is 24.8 Å². The molecule has 21 heavy (non-hydrogen) atoms. The topological polar surface area (TPSA) is 67.6 Å². The molecule has 0 saturated carbocycles. The fourth-order valence-corrected chi connectivity index (χ4v) is 1.74. The summed E-state index contributed by atoms with van der Waals surface area (Å²) in [7, 11) is 1.64. The van der Waals surface area contributed by atoms with E-state index >= 15 is 0 Å². The van der Waals surface area contributed by atoms with Crippen LogP contribution in [0.1, 0.15) is 12.5 Å². The molecule has 1 rings (SSSR count). The van der Waals surface area contributed by atoms with E-state index in [0.29, 0.717) is 26.2 Å². The van der Waals surface area contributed by atoms with Crippen LogP contribution < -0.4 is 15.8 Å². The summed E-state index contributed by atoms with van der Waals surface area (Å²) in [5.41, 5.74) is 6.24. The molecular formula is C16H23N3O2. The maximum atomic E-state index is 11.3. The number of nitrogens with two attached hydrogens (primary N) is 1. The third-order valence-corrected chi connectivity index (χ3v) is 2.94. The zero-order chi connectivity index (χ0) is 15.5. The van der Waals surface area contributed by atoms with E-state index in [1.807, 2.05) is 36.1 Å². The van der Waals surface area contributed by atoms with Crippen LogP contribution in [0.4, 0.5) is 0 Å². The number of hydrogen-bond acceptors (Lipinski definition) is 4. The first-order valence-electron chi connectivity index (χ1n) is 7.04. The van der Waals surface area contributed by atoms with Crippen LogP contribution in [-0.2, 0) is 4.79 Å². The van der Waals surface area contributed by atoms with Gasteiger partial charge < -0.3 is 15.8 Å². The molecule has 0 saturated heterocycles. The molecule has 0 atom stereocenters. The SMILES string of the molecule is CCN(CCOc1cccc(C#CCN)c1)CC(=O)NC. The lowest BCUT2D eigenvalue weighted by Gasteiger charge is -2.19. The van der Waals surface area contributed by atoms with Crippen molar-refractivity contribution < 1.29 is 9.53 Å². The lowest BCUT2D eigenvalue weighted by molar-refractivity contribution is -0.121. The average Bonchev–Trinajstić information content (AvgIpc) is 2.52. The Kier molecular flexibility index (Phi) is 7.95. The van der Waals surface area contributed by atoms with Gasteiger partial charge in [-0.2, -0.15) is 0 Å². The quantitative estimate of drug-likeness (QED) is 0.715. The largest absolute Gasteiger partial charge is 0.492 e. The fourth-order valence-electron chi connectivity index (χ4n) is 1.74. The van der Waals surface area contributed by atoms with E-state index in [-0.39, 0.29) is 5.91 Å². The Morgan fingerprint density at radius 3 is 2.95 bits per heavy atom. The highest BCUT2D eigenvalue weighted by atomic mass is 16.5. The number of likely N-dealkylation sites (N-methyl/N-ethyl adjacent to an activating group) is 2. The van der Waals surface area contributed by atoms with Crippen molar-refractivity contribution in [3.05, 3.63) is 29.8 Å². The highest BCUT2D eigenvalue weighted by Gasteiger charge is 2.07. The van der Waals surface area contributed by atoms with Gasteiger partial charge in [0, 0.05) is 19.2 Å². The van der Waals surface area contributed by atoms with E-state index in [2.05, 4.69) is 17.2 Å². The first-order valence-corrected chi connectivity index (χ1v) is 7.04. The minimum Gasteiger partial charge on any atom is -0.492 e. The van der Waals surface area contributed by atoms with E-state index in [0.717, 1.165) is 17.9 Å². The molecule has 0 fully saturated rings. The number of nitrogens with one attached hydrogen (secondary N) is 1. The molecule has 114 valence electrons. The van der Waals surface area contributed by atoms with Gasteiger partial charge in [0.2, 0.25) is 5.91 Å². The highest BCUT2D eigenvalue weighted by molar-refractivity contribution is 5.77. The Morgan fingerprint density at radius 1 is 1.48 bits per heavy atom. The molecule has 1 aromatic carbocycles. The maximum Gasteiger partial charge on any atom is 0.233 e. The summed E-state index contributed by atoms with van der Waals surface area (Å²) in [6, 6.07) is 7.60. The summed E-state index contributed by atoms with van der Waals surface area (Å²) in [4.78, 5) is 13.4. The molecule has 0 aliphatic heterocycles. The first kappa shape index (κ1) is 17.0. The van der Waals surface area contributed by atoms with Crippen molar-refractivity contribution in [1.82, 2.24) is 10.2 Å². The second-order valence-corrected chi connectivity index (χ2v) is 4.42. The van der Waals surface area contributed by atoms with Crippen LogP contribution in [0.25, 0.3) is 0 Å². The molecule has 0 bridgehead atoms. The van der Waals surface area contributed by atoms with E-state index in [1.54, 1.807) is 7.05 Å². The van der Waals surface area contributed by atoms with Gasteiger partial charge in [-0.05, 0) is 24.7 Å². The maximum absolute atomic E-state index is 11.3. The van der Waals surface area contributed by atoms with Gasteiger partial charge >= 0.3 is 0 Å². The molecule has 0 aromatic heterocycles. The summed E-state index contributed by atoms with van der Waals surface area (Å²) < 4.78 is 5.70. The lowest BCUT2D eigenvalue weighted by Crippen LogP contribution is -2.37. The Balaban J connectivity index is 2.45. The zero-order valence-corrected chi connectivity index (χ0v) is 12.7. The molecule has 0 aliphatic carbocycles. The monoisotopic (exact) mass is 289 g/mol. The van der Waals surface area contributed by atoms with Gasteiger partial charge in [0.05, 0.1) is 13.1 Å². The van der Waals surface area contributed by atoms with Crippen LogP contribution in [0, 0.1) is 11.8 Å². The van der Waals surface area contributed by atoms with Crippen LogP contribution in [0.3, 0.4) is 0 Å². The number of ether oxygens (including phenoxy) is 1. The Morgan fingerprint density at radius 2 is 2.29 bits per heavy atom.